The van der Waals surface area contributed by atoms with Gasteiger partial charge >= 0.3 is 0 Å². The van der Waals surface area contributed by atoms with Crippen LogP contribution in [0.4, 0.5) is 15.8 Å². The number of nitrogens with one attached hydrogen (secondary N) is 1. The molecule has 1 N–H and O–H groups in total. The minimum atomic E-state index is -0.495. The topological polar surface area (TPSA) is 54.5 Å². The standard InChI is InChI=1S/C22H20FN3O2/c1-3-28-17-9-7-16(8-10-17)26-21(20-18(22(26)27)5-4-12-24-20)25-19-11-6-15(23)13-14(19)2/h4-13,21,25H,3H2,1-2H3. The molecule has 0 saturated heterocycles. The molecule has 1 aromatic heterocycles. The van der Waals surface area contributed by atoms with Gasteiger partial charge in [0.1, 0.15) is 11.6 Å². The summed E-state index contributed by atoms with van der Waals surface area (Å²) in [6.07, 6.45) is 1.17. The highest BCUT2D eigenvalue weighted by Gasteiger charge is 2.39. The third-order valence-electron chi connectivity index (χ3n) is 4.71. The van der Waals surface area contributed by atoms with E-state index in [1.54, 1.807) is 29.3 Å². The van der Waals surface area contributed by atoms with Crippen molar-refractivity contribution >= 4 is 17.3 Å². The van der Waals surface area contributed by atoms with E-state index in [1.165, 1.54) is 12.1 Å². The zero-order valence-corrected chi connectivity index (χ0v) is 15.6. The van der Waals surface area contributed by atoms with E-state index < -0.39 is 6.17 Å². The number of rotatable bonds is 5. The molecule has 28 heavy (non-hydrogen) atoms. The predicted molar refractivity (Wildman–Crippen MR) is 106 cm³/mol. The second-order valence-electron chi connectivity index (χ2n) is 6.54. The fourth-order valence-electron chi connectivity index (χ4n) is 3.39. The van der Waals surface area contributed by atoms with Crippen LogP contribution in [0.2, 0.25) is 0 Å². The summed E-state index contributed by atoms with van der Waals surface area (Å²) in [6.45, 7) is 4.32. The molecule has 4 rings (SSSR count). The average molecular weight is 377 g/mol. The highest BCUT2D eigenvalue weighted by molar-refractivity contribution is 6.11. The van der Waals surface area contributed by atoms with E-state index in [-0.39, 0.29) is 11.7 Å². The molecule has 2 heterocycles. The number of aromatic nitrogens is 1. The lowest BCUT2D eigenvalue weighted by Crippen LogP contribution is -2.32. The summed E-state index contributed by atoms with van der Waals surface area (Å²) in [6, 6.07) is 15.4. The fraction of sp³-hybridized carbons (Fsp3) is 0.182. The van der Waals surface area contributed by atoms with Crippen LogP contribution >= 0.6 is 0 Å². The summed E-state index contributed by atoms with van der Waals surface area (Å²) in [5.74, 6) is 0.310. The molecular formula is C22H20FN3O2. The van der Waals surface area contributed by atoms with E-state index in [0.29, 0.717) is 17.9 Å². The number of anilines is 2. The van der Waals surface area contributed by atoms with Crippen molar-refractivity contribution in [2.24, 2.45) is 0 Å². The van der Waals surface area contributed by atoms with Gasteiger partial charge in [0.25, 0.3) is 5.91 Å². The van der Waals surface area contributed by atoms with Gasteiger partial charge in [0.05, 0.1) is 17.9 Å². The number of ether oxygens (including phenoxy) is 1. The van der Waals surface area contributed by atoms with Crippen LogP contribution in [-0.4, -0.2) is 17.5 Å². The Hall–Kier alpha value is -3.41. The molecule has 1 aliphatic heterocycles. The summed E-state index contributed by atoms with van der Waals surface area (Å²) in [5.41, 5.74) is 3.42. The Morgan fingerprint density at radius 3 is 2.68 bits per heavy atom. The van der Waals surface area contributed by atoms with Gasteiger partial charge in [0, 0.05) is 17.6 Å². The molecule has 0 spiro atoms. The van der Waals surface area contributed by atoms with Crippen molar-refractivity contribution in [2.45, 2.75) is 20.0 Å². The van der Waals surface area contributed by atoms with Gasteiger partial charge in [0.2, 0.25) is 0 Å². The number of nitrogens with zero attached hydrogens (tertiary/aromatic N) is 2. The number of fused-ring (bicyclic) bond motifs is 1. The summed E-state index contributed by atoms with van der Waals surface area (Å²) >= 11 is 0. The summed E-state index contributed by atoms with van der Waals surface area (Å²) in [7, 11) is 0. The van der Waals surface area contributed by atoms with Crippen LogP contribution in [-0.2, 0) is 0 Å². The second kappa shape index (κ2) is 7.31. The molecule has 0 bridgehead atoms. The fourth-order valence-corrected chi connectivity index (χ4v) is 3.39. The summed E-state index contributed by atoms with van der Waals surface area (Å²) in [4.78, 5) is 19.2. The molecule has 5 nitrogen and oxygen atoms in total. The quantitative estimate of drug-likeness (QED) is 0.700. The second-order valence-corrected chi connectivity index (χ2v) is 6.54. The Morgan fingerprint density at radius 2 is 1.96 bits per heavy atom. The lowest BCUT2D eigenvalue weighted by Gasteiger charge is -2.27. The lowest BCUT2D eigenvalue weighted by molar-refractivity contribution is 0.0993. The maximum Gasteiger partial charge on any atom is 0.262 e. The zero-order chi connectivity index (χ0) is 19.7. The molecular weight excluding hydrogens is 357 g/mol. The zero-order valence-electron chi connectivity index (χ0n) is 15.6. The van der Waals surface area contributed by atoms with Gasteiger partial charge in [-0.2, -0.15) is 0 Å². The van der Waals surface area contributed by atoms with Gasteiger partial charge in [-0.3, -0.25) is 14.7 Å². The average Bonchev–Trinajstić information content (AvgIpc) is 2.97. The minimum Gasteiger partial charge on any atom is -0.494 e. The van der Waals surface area contributed by atoms with Gasteiger partial charge in [0.15, 0.2) is 6.17 Å². The first-order valence-electron chi connectivity index (χ1n) is 9.12. The van der Waals surface area contributed by atoms with Crippen molar-refractivity contribution in [2.75, 3.05) is 16.8 Å². The Kier molecular flexibility index (Phi) is 4.69. The van der Waals surface area contributed by atoms with E-state index in [1.807, 2.05) is 38.1 Å². The number of carbonyl (C=O) groups is 1. The number of hydrogen-bond acceptors (Lipinski definition) is 4. The van der Waals surface area contributed by atoms with Crippen molar-refractivity contribution in [1.82, 2.24) is 4.98 Å². The van der Waals surface area contributed by atoms with E-state index in [4.69, 9.17) is 4.74 Å². The van der Waals surface area contributed by atoms with Crippen molar-refractivity contribution in [3.05, 3.63) is 83.4 Å². The molecule has 1 amide bonds. The van der Waals surface area contributed by atoms with E-state index >= 15 is 0 Å². The van der Waals surface area contributed by atoms with E-state index in [0.717, 1.165) is 22.7 Å². The molecule has 2 aromatic carbocycles. The van der Waals surface area contributed by atoms with Crippen molar-refractivity contribution in [3.63, 3.8) is 0 Å². The molecule has 3 aromatic rings. The van der Waals surface area contributed by atoms with Crippen molar-refractivity contribution in [1.29, 1.82) is 0 Å². The van der Waals surface area contributed by atoms with Crippen LogP contribution in [0.15, 0.2) is 60.8 Å². The number of aryl methyl sites for hydroxylation is 1. The van der Waals surface area contributed by atoms with Gasteiger partial charge in [-0.15, -0.1) is 0 Å². The predicted octanol–water partition coefficient (Wildman–Crippen LogP) is 4.70. The largest absolute Gasteiger partial charge is 0.494 e. The Balaban J connectivity index is 1.74. The van der Waals surface area contributed by atoms with Crippen molar-refractivity contribution < 1.29 is 13.9 Å². The summed E-state index contributed by atoms with van der Waals surface area (Å²) < 4.78 is 19.0. The van der Waals surface area contributed by atoms with Gasteiger partial charge in [-0.25, -0.2) is 4.39 Å². The number of halogens is 1. The third kappa shape index (κ3) is 3.17. The van der Waals surface area contributed by atoms with Crippen LogP contribution in [0.3, 0.4) is 0 Å². The molecule has 1 unspecified atom stereocenters. The van der Waals surface area contributed by atoms with Gasteiger partial charge < -0.3 is 10.1 Å². The Bertz CT molecular complexity index is 1020. The monoisotopic (exact) mass is 377 g/mol. The van der Waals surface area contributed by atoms with Crippen LogP contribution in [0.1, 0.15) is 34.7 Å². The molecule has 1 atom stereocenters. The van der Waals surface area contributed by atoms with E-state index in [2.05, 4.69) is 10.3 Å². The molecule has 0 fully saturated rings. The van der Waals surface area contributed by atoms with Crippen LogP contribution < -0.4 is 15.0 Å². The minimum absolute atomic E-state index is 0.135. The number of amides is 1. The molecule has 0 aliphatic carbocycles. The van der Waals surface area contributed by atoms with Crippen LogP contribution in [0, 0.1) is 12.7 Å². The first kappa shape index (κ1) is 18.0. The Morgan fingerprint density at radius 1 is 1.18 bits per heavy atom. The highest BCUT2D eigenvalue weighted by atomic mass is 19.1. The number of benzene rings is 2. The Labute approximate surface area is 162 Å². The maximum atomic E-state index is 13.5. The molecule has 0 radical (unpaired) electrons. The normalized spacial score (nSPS) is 15.5. The van der Waals surface area contributed by atoms with Crippen LogP contribution in [0.5, 0.6) is 5.75 Å². The SMILES string of the molecule is CCOc1ccc(N2C(=O)c3cccnc3C2Nc2ccc(F)cc2C)cc1. The smallest absolute Gasteiger partial charge is 0.262 e. The van der Waals surface area contributed by atoms with Gasteiger partial charge in [-0.1, -0.05) is 0 Å². The summed E-state index contributed by atoms with van der Waals surface area (Å²) in [5, 5.41) is 3.36. The highest BCUT2D eigenvalue weighted by Crippen LogP contribution is 2.37. The number of pyridine rings is 1. The molecule has 6 heteroatoms. The van der Waals surface area contributed by atoms with Gasteiger partial charge in [-0.05, 0) is 74.0 Å². The molecule has 1 aliphatic rings. The number of carbonyl (C=O) groups excluding carboxylic acids is 1. The maximum absolute atomic E-state index is 13.5. The number of hydrogen-bond donors (Lipinski definition) is 1. The molecule has 0 saturated carbocycles. The lowest BCUT2D eigenvalue weighted by atomic mass is 10.1. The third-order valence-corrected chi connectivity index (χ3v) is 4.71. The first-order valence-corrected chi connectivity index (χ1v) is 9.12. The molecule has 142 valence electrons. The van der Waals surface area contributed by atoms with E-state index in [9.17, 15) is 9.18 Å². The first-order chi connectivity index (χ1) is 13.6. The van der Waals surface area contributed by atoms with Crippen molar-refractivity contribution in [3.8, 4) is 5.75 Å². The van der Waals surface area contributed by atoms with Crippen LogP contribution in [0.25, 0.3) is 0 Å².